The first kappa shape index (κ1) is 24.3. The molecular weight excluding hydrogens is 446 g/mol. The highest BCUT2D eigenvalue weighted by atomic mass is 16.6. The normalized spacial score (nSPS) is 19.7. The van der Waals surface area contributed by atoms with E-state index in [-0.39, 0.29) is 18.6 Å². The summed E-state index contributed by atoms with van der Waals surface area (Å²) in [5, 5.41) is 23.9. The Labute approximate surface area is 204 Å². The van der Waals surface area contributed by atoms with Gasteiger partial charge in [-0.05, 0) is 84.2 Å². The molecule has 1 saturated carbocycles. The number of oxime groups is 1. The summed E-state index contributed by atoms with van der Waals surface area (Å²) in [7, 11) is 1.48. The molecule has 2 N–H and O–H groups in total. The van der Waals surface area contributed by atoms with Gasteiger partial charge >= 0.3 is 11.9 Å². The van der Waals surface area contributed by atoms with Crippen LogP contribution in [0.2, 0.25) is 0 Å². The van der Waals surface area contributed by atoms with Crippen molar-refractivity contribution in [1.82, 2.24) is 0 Å². The van der Waals surface area contributed by atoms with Gasteiger partial charge in [-0.2, -0.15) is 0 Å². The first-order valence-corrected chi connectivity index (χ1v) is 11.5. The lowest BCUT2D eigenvalue weighted by molar-refractivity contribution is -0.142. The van der Waals surface area contributed by atoms with E-state index in [0.29, 0.717) is 22.8 Å². The van der Waals surface area contributed by atoms with E-state index < -0.39 is 17.4 Å². The van der Waals surface area contributed by atoms with E-state index in [2.05, 4.69) is 5.16 Å². The average molecular weight is 476 g/mol. The predicted molar refractivity (Wildman–Crippen MR) is 132 cm³/mol. The molecule has 7 nitrogen and oxygen atoms in total. The zero-order chi connectivity index (χ0) is 25.2. The molecule has 2 aliphatic carbocycles. The zero-order valence-corrected chi connectivity index (χ0v) is 20.1. The zero-order valence-electron chi connectivity index (χ0n) is 20.1. The molecule has 0 aromatic heterocycles. The summed E-state index contributed by atoms with van der Waals surface area (Å²) in [5.41, 5.74) is 3.45. The van der Waals surface area contributed by atoms with Crippen LogP contribution < -0.4 is 4.74 Å². The van der Waals surface area contributed by atoms with Crippen molar-refractivity contribution in [2.24, 2.45) is 5.16 Å². The molecule has 2 aliphatic rings. The SMILES string of the molecule is CON=Cc1ccc(OCc2c(C3CC3)cccc2C2(C(=O)O)C=CC(C)=C(C(=O)O)C2)c(C)c1. The van der Waals surface area contributed by atoms with Crippen molar-refractivity contribution in [3.63, 3.8) is 0 Å². The molecule has 4 rings (SSSR count). The van der Waals surface area contributed by atoms with Gasteiger partial charge in [0.15, 0.2) is 0 Å². The van der Waals surface area contributed by atoms with Gasteiger partial charge in [-0.3, -0.25) is 4.79 Å². The van der Waals surface area contributed by atoms with E-state index in [0.717, 1.165) is 35.1 Å². The smallest absolute Gasteiger partial charge is 0.331 e. The highest BCUT2D eigenvalue weighted by molar-refractivity contribution is 5.94. The summed E-state index contributed by atoms with van der Waals surface area (Å²) in [4.78, 5) is 29.4. The molecule has 0 spiro atoms. The largest absolute Gasteiger partial charge is 0.489 e. The maximum Gasteiger partial charge on any atom is 0.331 e. The number of allylic oxidation sites excluding steroid dienone is 2. The number of benzene rings is 2. The minimum absolute atomic E-state index is 0.114. The van der Waals surface area contributed by atoms with E-state index in [1.807, 2.05) is 37.3 Å². The third-order valence-corrected chi connectivity index (χ3v) is 6.78. The van der Waals surface area contributed by atoms with Crippen LogP contribution in [0.3, 0.4) is 0 Å². The number of hydrogen-bond acceptors (Lipinski definition) is 5. The van der Waals surface area contributed by atoms with Crippen LogP contribution >= 0.6 is 0 Å². The molecule has 2 aromatic rings. The van der Waals surface area contributed by atoms with Crippen molar-refractivity contribution in [2.45, 2.75) is 51.0 Å². The van der Waals surface area contributed by atoms with Crippen molar-refractivity contribution in [1.29, 1.82) is 0 Å². The standard InChI is InChI=1S/C28H29NO6/c1-17-11-12-28(27(32)33,14-22(17)26(30)31)24-6-4-5-21(20-8-9-20)23(24)16-35-25-10-7-19(13-18(25)2)15-29-34-3/h4-7,10-13,15,20H,8-9,14,16H2,1-3H3,(H,30,31)(H,32,33). The molecule has 2 aromatic carbocycles. The second-order valence-corrected chi connectivity index (χ2v) is 9.13. The Hall–Kier alpha value is -3.87. The van der Waals surface area contributed by atoms with Crippen molar-refractivity contribution < 1.29 is 29.4 Å². The van der Waals surface area contributed by atoms with Gasteiger partial charge < -0.3 is 19.8 Å². The molecule has 0 aliphatic heterocycles. The predicted octanol–water partition coefficient (Wildman–Crippen LogP) is 5.12. The van der Waals surface area contributed by atoms with E-state index in [4.69, 9.17) is 9.57 Å². The molecule has 1 unspecified atom stereocenters. The quantitative estimate of drug-likeness (QED) is 0.385. The number of aryl methyl sites for hydroxylation is 1. The maximum atomic E-state index is 12.7. The van der Waals surface area contributed by atoms with Gasteiger partial charge in [-0.25, -0.2) is 4.79 Å². The van der Waals surface area contributed by atoms with E-state index >= 15 is 0 Å². The molecule has 0 heterocycles. The van der Waals surface area contributed by atoms with Crippen molar-refractivity contribution in [3.05, 3.63) is 87.5 Å². The first-order valence-electron chi connectivity index (χ1n) is 11.5. The van der Waals surface area contributed by atoms with Crippen molar-refractivity contribution >= 4 is 18.2 Å². The Balaban J connectivity index is 1.74. The second kappa shape index (κ2) is 9.78. The van der Waals surface area contributed by atoms with E-state index in [9.17, 15) is 19.8 Å². The Kier molecular flexibility index (Phi) is 6.78. The Morgan fingerprint density at radius 2 is 1.94 bits per heavy atom. The Morgan fingerprint density at radius 3 is 2.57 bits per heavy atom. The van der Waals surface area contributed by atoms with Gasteiger partial charge in [0, 0.05) is 12.0 Å². The van der Waals surface area contributed by atoms with Crippen LogP contribution in [0.15, 0.2) is 64.9 Å². The number of carboxylic acid groups (broad SMARTS) is 2. The van der Waals surface area contributed by atoms with Gasteiger partial charge in [-0.1, -0.05) is 35.5 Å². The molecule has 182 valence electrons. The van der Waals surface area contributed by atoms with Crippen LogP contribution in [0, 0.1) is 6.92 Å². The first-order chi connectivity index (χ1) is 16.8. The third kappa shape index (κ3) is 4.85. The summed E-state index contributed by atoms with van der Waals surface area (Å²) in [6.07, 6.45) is 6.81. The van der Waals surface area contributed by atoms with Crippen molar-refractivity contribution in [2.75, 3.05) is 7.11 Å². The van der Waals surface area contributed by atoms with Crippen LogP contribution in [-0.2, 0) is 26.4 Å². The molecule has 1 fully saturated rings. The van der Waals surface area contributed by atoms with Crippen LogP contribution in [0.5, 0.6) is 5.75 Å². The van der Waals surface area contributed by atoms with E-state index in [1.165, 1.54) is 7.11 Å². The molecule has 0 radical (unpaired) electrons. The summed E-state index contributed by atoms with van der Waals surface area (Å²) >= 11 is 0. The maximum absolute atomic E-state index is 12.7. The van der Waals surface area contributed by atoms with Gasteiger partial charge in [-0.15, -0.1) is 0 Å². The van der Waals surface area contributed by atoms with Crippen LogP contribution in [0.1, 0.15) is 59.9 Å². The highest BCUT2D eigenvalue weighted by Crippen LogP contribution is 2.46. The fraction of sp³-hybridized carbons (Fsp3) is 0.321. The molecule has 0 bridgehead atoms. The highest BCUT2D eigenvalue weighted by Gasteiger charge is 2.44. The van der Waals surface area contributed by atoms with Gasteiger partial charge in [0.2, 0.25) is 0 Å². The number of carboxylic acids is 2. The number of rotatable bonds is 9. The van der Waals surface area contributed by atoms with Crippen LogP contribution in [-0.4, -0.2) is 35.5 Å². The van der Waals surface area contributed by atoms with Crippen LogP contribution in [0.4, 0.5) is 0 Å². The van der Waals surface area contributed by atoms with Crippen molar-refractivity contribution in [3.8, 4) is 5.75 Å². The van der Waals surface area contributed by atoms with Gasteiger partial charge in [0.1, 0.15) is 24.9 Å². The Bertz CT molecular complexity index is 1250. The lowest BCUT2D eigenvalue weighted by Crippen LogP contribution is -2.38. The van der Waals surface area contributed by atoms with Gasteiger partial charge in [0.25, 0.3) is 0 Å². The number of carbonyl (C=O) groups is 2. The molecule has 1 atom stereocenters. The van der Waals surface area contributed by atoms with E-state index in [1.54, 1.807) is 31.4 Å². The molecule has 0 saturated heterocycles. The fourth-order valence-corrected chi connectivity index (χ4v) is 4.68. The number of hydrogen-bond donors (Lipinski definition) is 2. The lowest BCUT2D eigenvalue weighted by Gasteiger charge is -2.33. The monoisotopic (exact) mass is 475 g/mol. The summed E-state index contributed by atoms with van der Waals surface area (Å²) in [5.74, 6) is -1.13. The number of aliphatic carboxylic acids is 2. The lowest BCUT2D eigenvalue weighted by atomic mass is 9.69. The number of nitrogens with zero attached hydrogens (tertiary/aromatic N) is 1. The topological polar surface area (TPSA) is 105 Å². The molecular formula is C28H29NO6. The summed E-state index contributed by atoms with van der Waals surface area (Å²) in [6.45, 7) is 3.81. The fourth-order valence-electron chi connectivity index (χ4n) is 4.68. The molecule has 0 amide bonds. The third-order valence-electron chi connectivity index (χ3n) is 6.78. The minimum atomic E-state index is -1.48. The van der Waals surface area contributed by atoms with Crippen LogP contribution in [0.25, 0.3) is 0 Å². The molecule has 7 heteroatoms. The summed E-state index contributed by atoms with van der Waals surface area (Å²) < 4.78 is 6.23. The number of ether oxygens (including phenoxy) is 1. The van der Waals surface area contributed by atoms with Gasteiger partial charge in [0.05, 0.1) is 6.21 Å². The summed E-state index contributed by atoms with van der Waals surface area (Å²) in [6, 6.07) is 11.3. The average Bonchev–Trinajstić information content (AvgIpc) is 3.67. The minimum Gasteiger partial charge on any atom is -0.489 e. The Morgan fingerprint density at radius 1 is 1.17 bits per heavy atom. The second-order valence-electron chi connectivity index (χ2n) is 9.13. The molecule has 35 heavy (non-hydrogen) atoms.